The molecule has 0 spiro atoms. The highest BCUT2D eigenvalue weighted by Gasteiger charge is 2.22. The molecule has 1 aromatic heterocycles. The van der Waals surface area contributed by atoms with Gasteiger partial charge >= 0.3 is 5.97 Å². The quantitative estimate of drug-likeness (QED) is 0.628. The number of ether oxygens (including phenoxy) is 2. The highest BCUT2D eigenvalue weighted by Crippen LogP contribution is 2.22. The molecule has 5 heteroatoms. The first-order chi connectivity index (χ1) is 10.1. The van der Waals surface area contributed by atoms with Crippen LogP contribution in [0.25, 0.3) is 0 Å². The number of nitrogens with zero attached hydrogens (tertiary/aromatic N) is 2. The van der Waals surface area contributed by atoms with Crippen LogP contribution in [0.1, 0.15) is 19.4 Å². The van der Waals surface area contributed by atoms with Crippen molar-refractivity contribution in [2.75, 3.05) is 7.11 Å². The molecule has 2 rings (SSSR count). The van der Waals surface area contributed by atoms with Crippen molar-refractivity contribution < 1.29 is 14.3 Å². The number of hydrogen-bond acceptors (Lipinski definition) is 5. The van der Waals surface area contributed by atoms with E-state index in [4.69, 9.17) is 4.74 Å². The van der Waals surface area contributed by atoms with Crippen molar-refractivity contribution in [3.63, 3.8) is 0 Å². The molecule has 1 aliphatic heterocycles. The van der Waals surface area contributed by atoms with Crippen molar-refractivity contribution in [2.24, 2.45) is 0 Å². The lowest BCUT2D eigenvalue weighted by molar-refractivity contribution is -0.134. The summed E-state index contributed by atoms with van der Waals surface area (Å²) in [5.41, 5.74) is 2.04. The Hall–Kier alpha value is -2.14. The van der Waals surface area contributed by atoms with Crippen LogP contribution in [0.4, 0.5) is 0 Å². The normalized spacial score (nSPS) is 22.2. The van der Waals surface area contributed by atoms with Crippen LogP contribution < -0.4 is 0 Å². The van der Waals surface area contributed by atoms with Crippen molar-refractivity contribution in [3.05, 3.63) is 54.0 Å². The summed E-state index contributed by atoms with van der Waals surface area (Å²) in [4.78, 5) is 17.4. The second-order valence-corrected chi connectivity index (χ2v) is 4.90. The smallest absolute Gasteiger partial charge is 0.330 e. The van der Waals surface area contributed by atoms with Gasteiger partial charge in [-0.05, 0) is 37.1 Å². The number of rotatable bonds is 4. The highest BCUT2D eigenvalue weighted by atomic mass is 16.5. The Bertz CT molecular complexity index is 540. The lowest BCUT2D eigenvalue weighted by Gasteiger charge is -2.36. The number of methoxy groups -OCH3 is 1. The van der Waals surface area contributed by atoms with Crippen LogP contribution in [0.5, 0.6) is 0 Å². The maximum absolute atomic E-state index is 11.2. The topological polar surface area (TPSA) is 51.7 Å². The molecule has 1 aromatic rings. The van der Waals surface area contributed by atoms with E-state index in [0.717, 1.165) is 11.1 Å². The maximum atomic E-state index is 11.2. The Morgan fingerprint density at radius 1 is 1.52 bits per heavy atom. The Kier molecular flexibility index (Phi) is 5.11. The predicted molar refractivity (Wildman–Crippen MR) is 79.0 cm³/mol. The van der Waals surface area contributed by atoms with Crippen LogP contribution in [0.2, 0.25) is 0 Å². The SMILES string of the molecule is COC(=O)/C=C/C1=CN(Cc2cccnc2)[C@@H](C)O[C@@H]1C. The molecule has 0 unspecified atom stereocenters. The minimum atomic E-state index is -0.375. The Labute approximate surface area is 124 Å². The van der Waals surface area contributed by atoms with Crippen LogP contribution in [-0.4, -0.2) is 35.3 Å². The van der Waals surface area contributed by atoms with Crippen molar-refractivity contribution in [1.82, 2.24) is 9.88 Å². The molecular weight excluding hydrogens is 268 g/mol. The molecule has 0 amide bonds. The molecule has 0 aliphatic carbocycles. The maximum Gasteiger partial charge on any atom is 0.330 e. The summed E-state index contributed by atoms with van der Waals surface area (Å²) in [6, 6.07) is 3.94. The minimum absolute atomic E-state index is 0.0320. The van der Waals surface area contributed by atoms with Crippen molar-refractivity contribution in [3.8, 4) is 0 Å². The van der Waals surface area contributed by atoms with Crippen molar-refractivity contribution in [2.45, 2.75) is 32.7 Å². The van der Waals surface area contributed by atoms with E-state index in [0.29, 0.717) is 6.54 Å². The van der Waals surface area contributed by atoms with Crippen LogP contribution in [0.15, 0.2) is 48.5 Å². The standard InChI is InChI=1S/C16H20N2O3/c1-12-15(6-7-16(19)20-3)11-18(13(2)21-12)10-14-5-4-8-17-9-14/h4-9,11-13H,10H2,1-3H3/b7-6+/t12-,13-/m1/s1. The Balaban J connectivity index is 2.14. The number of aromatic nitrogens is 1. The van der Waals surface area contributed by atoms with Crippen LogP contribution >= 0.6 is 0 Å². The molecule has 0 fully saturated rings. The molecule has 0 bridgehead atoms. The number of pyridine rings is 1. The van der Waals surface area contributed by atoms with Gasteiger partial charge < -0.3 is 14.4 Å². The van der Waals surface area contributed by atoms with Gasteiger partial charge in [0.2, 0.25) is 0 Å². The molecule has 0 saturated carbocycles. The average Bonchev–Trinajstić information content (AvgIpc) is 2.49. The lowest BCUT2D eigenvalue weighted by Crippen LogP contribution is -2.38. The van der Waals surface area contributed by atoms with Crippen molar-refractivity contribution in [1.29, 1.82) is 0 Å². The average molecular weight is 288 g/mol. The molecule has 0 radical (unpaired) electrons. The molecule has 0 aromatic carbocycles. The van der Waals surface area contributed by atoms with Gasteiger partial charge in [0, 0.05) is 31.2 Å². The highest BCUT2D eigenvalue weighted by molar-refractivity contribution is 5.82. The van der Waals surface area contributed by atoms with Crippen LogP contribution in [-0.2, 0) is 20.8 Å². The molecule has 0 saturated heterocycles. The van der Waals surface area contributed by atoms with E-state index in [1.165, 1.54) is 13.2 Å². The number of hydrogen-bond donors (Lipinski definition) is 0. The van der Waals surface area contributed by atoms with E-state index in [2.05, 4.69) is 14.6 Å². The van der Waals surface area contributed by atoms with E-state index < -0.39 is 0 Å². The molecular formula is C16H20N2O3. The second-order valence-electron chi connectivity index (χ2n) is 4.90. The van der Waals surface area contributed by atoms with Gasteiger partial charge in [0.1, 0.15) is 6.23 Å². The minimum Gasteiger partial charge on any atom is -0.466 e. The second kappa shape index (κ2) is 7.04. The first kappa shape index (κ1) is 15.3. The third kappa shape index (κ3) is 4.16. The summed E-state index contributed by atoms with van der Waals surface area (Å²) < 4.78 is 10.5. The Morgan fingerprint density at radius 3 is 3.00 bits per heavy atom. The van der Waals surface area contributed by atoms with Gasteiger partial charge in [0.05, 0.1) is 13.2 Å². The molecule has 0 N–H and O–H groups in total. The predicted octanol–water partition coefficient (Wildman–Crippen LogP) is 2.26. The van der Waals surface area contributed by atoms with Gasteiger partial charge in [-0.25, -0.2) is 4.79 Å². The van der Waals surface area contributed by atoms with E-state index in [-0.39, 0.29) is 18.3 Å². The first-order valence-electron chi connectivity index (χ1n) is 6.88. The fourth-order valence-corrected chi connectivity index (χ4v) is 2.14. The van der Waals surface area contributed by atoms with Gasteiger partial charge in [-0.2, -0.15) is 0 Å². The summed E-state index contributed by atoms with van der Waals surface area (Å²) >= 11 is 0. The molecule has 21 heavy (non-hydrogen) atoms. The summed E-state index contributed by atoms with van der Waals surface area (Å²) in [6.07, 6.45) is 8.65. The van der Waals surface area contributed by atoms with Gasteiger partial charge in [-0.1, -0.05) is 6.07 Å². The molecule has 2 atom stereocenters. The lowest BCUT2D eigenvalue weighted by atomic mass is 10.1. The largest absolute Gasteiger partial charge is 0.466 e. The number of carbonyl (C=O) groups is 1. The van der Waals surface area contributed by atoms with Gasteiger partial charge in [-0.15, -0.1) is 0 Å². The third-order valence-corrected chi connectivity index (χ3v) is 3.35. The van der Waals surface area contributed by atoms with Crippen LogP contribution in [0.3, 0.4) is 0 Å². The molecule has 1 aliphatic rings. The zero-order valence-corrected chi connectivity index (χ0v) is 12.5. The van der Waals surface area contributed by atoms with E-state index >= 15 is 0 Å². The van der Waals surface area contributed by atoms with E-state index in [9.17, 15) is 4.79 Å². The zero-order chi connectivity index (χ0) is 15.2. The van der Waals surface area contributed by atoms with Gasteiger partial charge in [0.15, 0.2) is 0 Å². The molecule has 112 valence electrons. The van der Waals surface area contributed by atoms with E-state index in [1.54, 1.807) is 12.3 Å². The summed E-state index contributed by atoms with van der Waals surface area (Å²) in [5.74, 6) is -0.375. The molecule has 2 heterocycles. The number of carbonyl (C=O) groups excluding carboxylic acids is 1. The van der Waals surface area contributed by atoms with Gasteiger partial charge in [0.25, 0.3) is 0 Å². The van der Waals surface area contributed by atoms with Crippen LogP contribution in [0, 0.1) is 0 Å². The van der Waals surface area contributed by atoms with E-state index in [1.807, 2.05) is 38.4 Å². The zero-order valence-electron chi connectivity index (χ0n) is 12.5. The summed E-state index contributed by atoms with van der Waals surface area (Å²) in [5, 5.41) is 0. The fraction of sp³-hybridized carbons (Fsp3) is 0.375. The third-order valence-electron chi connectivity index (χ3n) is 3.35. The summed E-state index contributed by atoms with van der Waals surface area (Å²) in [6.45, 7) is 4.67. The first-order valence-corrected chi connectivity index (χ1v) is 6.88. The van der Waals surface area contributed by atoms with Crippen molar-refractivity contribution >= 4 is 5.97 Å². The molecule has 5 nitrogen and oxygen atoms in total. The fourth-order valence-electron chi connectivity index (χ4n) is 2.14. The summed E-state index contributed by atoms with van der Waals surface area (Å²) in [7, 11) is 1.36. The van der Waals surface area contributed by atoms with Gasteiger partial charge in [-0.3, -0.25) is 4.98 Å². The number of esters is 1. The Morgan fingerprint density at radius 2 is 2.33 bits per heavy atom. The monoisotopic (exact) mass is 288 g/mol.